The second-order valence-corrected chi connectivity index (χ2v) is 7.76. The molecule has 118 valence electrons. The van der Waals surface area contributed by atoms with Gasteiger partial charge in [0.05, 0.1) is 5.69 Å². The van der Waals surface area contributed by atoms with Crippen LogP contribution in [0.1, 0.15) is 33.1 Å². The monoisotopic (exact) mass is 312 g/mol. The van der Waals surface area contributed by atoms with Gasteiger partial charge in [-0.1, -0.05) is 13.8 Å². The summed E-state index contributed by atoms with van der Waals surface area (Å²) >= 11 is 0. The molecule has 1 unspecified atom stereocenters. The molecular weight excluding hydrogens is 288 g/mol. The number of anilines is 1. The molecule has 21 heavy (non-hydrogen) atoms. The van der Waals surface area contributed by atoms with Crippen LogP contribution in [0.2, 0.25) is 0 Å². The number of nitrogen functional groups attached to an aromatic ring is 1. The Labute approximate surface area is 126 Å². The first-order valence-electron chi connectivity index (χ1n) is 7.37. The third kappa shape index (κ3) is 3.53. The lowest BCUT2D eigenvalue weighted by molar-refractivity contribution is 0.341. The number of hydrogen-bond acceptors (Lipinski definition) is 5. The quantitative estimate of drug-likeness (QED) is 0.654. The molecule has 0 aliphatic carbocycles. The molecule has 0 bridgehead atoms. The zero-order chi connectivity index (χ0) is 15.5. The van der Waals surface area contributed by atoms with E-state index in [0.717, 1.165) is 19.3 Å². The molecule has 1 aromatic rings. The van der Waals surface area contributed by atoms with Gasteiger partial charge in [-0.05, 0) is 37.2 Å². The third-order valence-electron chi connectivity index (χ3n) is 4.23. The summed E-state index contributed by atoms with van der Waals surface area (Å²) < 4.78 is 27.1. The van der Waals surface area contributed by atoms with Gasteiger partial charge in [0.1, 0.15) is 4.90 Å². The molecule has 0 amide bonds. The third-order valence-corrected chi connectivity index (χ3v) is 6.16. The van der Waals surface area contributed by atoms with E-state index in [9.17, 15) is 8.42 Å². The Morgan fingerprint density at radius 1 is 1.38 bits per heavy atom. The summed E-state index contributed by atoms with van der Waals surface area (Å²) in [6.07, 6.45) is 5.76. The van der Waals surface area contributed by atoms with Crippen molar-refractivity contribution in [3.05, 3.63) is 18.5 Å². The average molecular weight is 312 g/mol. The number of rotatable bonds is 4. The first-order valence-corrected chi connectivity index (χ1v) is 8.81. The highest BCUT2D eigenvalue weighted by Crippen LogP contribution is 2.29. The summed E-state index contributed by atoms with van der Waals surface area (Å²) in [5.41, 5.74) is 2.82. The number of nitrogens with zero attached hydrogens (tertiary/aromatic N) is 2. The zero-order valence-corrected chi connectivity index (χ0v) is 13.4. The van der Waals surface area contributed by atoms with Crippen LogP contribution in [0.5, 0.6) is 0 Å². The molecule has 1 aliphatic heterocycles. The lowest BCUT2D eigenvalue weighted by Gasteiger charge is -2.22. The van der Waals surface area contributed by atoms with Crippen molar-refractivity contribution in [1.82, 2.24) is 9.29 Å². The zero-order valence-electron chi connectivity index (χ0n) is 12.6. The predicted molar refractivity (Wildman–Crippen MR) is 83.0 cm³/mol. The molecule has 2 heterocycles. The van der Waals surface area contributed by atoms with Crippen LogP contribution in [-0.2, 0) is 10.0 Å². The Kier molecular flexibility index (Phi) is 5.18. The van der Waals surface area contributed by atoms with E-state index in [1.54, 1.807) is 10.4 Å². The number of hydrogen-bond donors (Lipinski definition) is 2. The van der Waals surface area contributed by atoms with Gasteiger partial charge in [0.25, 0.3) is 0 Å². The Balaban J connectivity index is 2.23. The number of nitrogens with two attached hydrogens (primary N) is 1. The molecule has 1 aromatic heterocycles. The number of pyridine rings is 1. The number of hydrazine groups is 1. The van der Waals surface area contributed by atoms with Crippen LogP contribution >= 0.6 is 0 Å². The molecule has 0 radical (unpaired) electrons. The van der Waals surface area contributed by atoms with E-state index in [1.165, 1.54) is 12.4 Å². The first-order chi connectivity index (χ1) is 9.96. The smallest absolute Gasteiger partial charge is 0.246 e. The highest BCUT2D eigenvalue weighted by atomic mass is 32.2. The van der Waals surface area contributed by atoms with Crippen LogP contribution in [0.15, 0.2) is 23.4 Å². The second kappa shape index (κ2) is 6.72. The summed E-state index contributed by atoms with van der Waals surface area (Å²) in [6, 6.07) is 1.57. The highest BCUT2D eigenvalue weighted by Gasteiger charge is 2.30. The standard InChI is InChI=1S/C14H24N4O2S/c1-11(2)12-4-3-8-18(9-6-12)21(19,20)14-10-16-7-5-13(14)17-15/h5,7,10-12H,3-4,6,8-9,15H2,1-2H3,(H,16,17). The predicted octanol–water partition coefficient (Wildman–Crippen LogP) is 1.81. The van der Waals surface area contributed by atoms with Crippen molar-refractivity contribution in [3.63, 3.8) is 0 Å². The highest BCUT2D eigenvalue weighted by molar-refractivity contribution is 7.89. The minimum absolute atomic E-state index is 0.149. The molecule has 1 atom stereocenters. The van der Waals surface area contributed by atoms with E-state index in [-0.39, 0.29) is 4.90 Å². The molecule has 2 rings (SSSR count). The van der Waals surface area contributed by atoms with Crippen LogP contribution in [-0.4, -0.2) is 30.8 Å². The Hall–Kier alpha value is -1.18. The van der Waals surface area contributed by atoms with Crippen molar-refractivity contribution >= 4 is 15.7 Å². The summed E-state index contributed by atoms with van der Waals surface area (Å²) in [5.74, 6) is 6.59. The van der Waals surface area contributed by atoms with Gasteiger partial charge in [0, 0.05) is 25.5 Å². The van der Waals surface area contributed by atoms with E-state index in [1.807, 2.05) is 0 Å². The minimum atomic E-state index is -3.55. The molecule has 1 aliphatic rings. The Morgan fingerprint density at radius 3 is 2.81 bits per heavy atom. The van der Waals surface area contributed by atoms with E-state index < -0.39 is 10.0 Å². The summed E-state index contributed by atoms with van der Waals surface area (Å²) in [4.78, 5) is 4.07. The normalized spacial score (nSPS) is 21.2. The van der Waals surface area contributed by atoms with Crippen LogP contribution in [0.3, 0.4) is 0 Å². The molecule has 1 fully saturated rings. The van der Waals surface area contributed by atoms with Crippen molar-refractivity contribution in [2.75, 3.05) is 18.5 Å². The number of sulfonamides is 1. The van der Waals surface area contributed by atoms with Gasteiger partial charge in [-0.25, -0.2) is 8.42 Å². The van der Waals surface area contributed by atoms with E-state index in [0.29, 0.717) is 30.6 Å². The lowest BCUT2D eigenvalue weighted by atomic mass is 9.89. The number of aromatic nitrogens is 1. The van der Waals surface area contributed by atoms with Gasteiger partial charge in [-0.3, -0.25) is 10.8 Å². The SMILES string of the molecule is CC(C)C1CCCN(S(=O)(=O)c2cnccc2NN)CC1. The van der Waals surface area contributed by atoms with E-state index >= 15 is 0 Å². The summed E-state index contributed by atoms with van der Waals surface area (Å²) in [7, 11) is -3.55. The van der Waals surface area contributed by atoms with Gasteiger partial charge in [-0.2, -0.15) is 4.31 Å². The molecular formula is C14H24N4O2S. The van der Waals surface area contributed by atoms with Gasteiger partial charge >= 0.3 is 0 Å². The first kappa shape index (κ1) is 16.2. The fourth-order valence-electron chi connectivity index (χ4n) is 2.85. The van der Waals surface area contributed by atoms with Crippen LogP contribution in [0.4, 0.5) is 5.69 Å². The Morgan fingerprint density at radius 2 is 2.14 bits per heavy atom. The van der Waals surface area contributed by atoms with Crippen molar-refractivity contribution in [3.8, 4) is 0 Å². The van der Waals surface area contributed by atoms with Gasteiger partial charge in [-0.15, -0.1) is 0 Å². The fourth-order valence-corrected chi connectivity index (χ4v) is 4.44. The summed E-state index contributed by atoms with van der Waals surface area (Å²) in [5, 5.41) is 0. The van der Waals surface area contributed by atoms with Crippen LogP contribution in [0, 0.1) is 11.8 Å². The molecule has 6 nitrogen and oxygen atoms in total. The number of nitrogens with one attached hydrogen (secondary N) is 1. The van der Waals surface area contributed by atoms with E-state index in [2.05, 4.69) is 24.3 Å². The second-order valence-electron chi connectivity index (χ2n) is 5.86. The van der Waals surface area contributed by atoms with Crippen molar-refractivity contribution < 1.29 is 8.42 Å². The summed E-state index contributed by atoms with van der Waals surface area (Å²) in [6.45, 7) is 5.52. The van der Waals surface area contributed by atoms with Crippen molar-refractivity contribution in [1.29, 1.82) is 0 Å². The maximum atomic E-state index is 12.8. The van der Waals surface area contributed by atoms with Gasteiger partial charge < -0.3 is 5.43 Å². The minimum Gasteiger partial charge on any atom is -0.323 e. The largest absolute Gasteiger partial charge is 0.323 e. The molecule has 3 N–H and O–H groups in total. The Bertz CT molecular complexity index is 574. The van der Waals surface area contributed by atoms with Crippen LogP contribution in [0.25, 0.3) is 0 Å². The molecule has 0 aromatic carbocycles. The maximum absolute atomic E-state index is 12.8. The molecule has 0 saturated carbocycles. The molecule has 1 saturated heterocycles. The lowest BCUT2D eigenvalue weighted by Crippen LogP contribution is -2.33. The van der Waals surface area contributed by atoms with Gasteiger partial charge in [0.2, 0.25) is 10.0 Å². The maximum Gasteiger partial charge on any atom is 0.246 e. The molecule has 7 heteroatoms. The average Bonchev–Trinajstić information content (AvgIpc) is 2.73. The molecule has 0 spiro atoms. The van der Waals surface area contributed by atoms with E-state index in [4.69, 9.17) is 5.84 Å². The fraction of sp³-hybridized carbons (Fsp3) is 0.643. The topological polar surface area (TPSA) is 88.3 Å². The van der Waals surface area contributed by atoms with Gasteiger partial charge in [0.15, 0.2) is 0 Å². The van der Waals surface area contributed by atoms with Crippen molar-refractivity contribution in [2.45, 2.75) is 38.0 Å². The van der Waals surface area contributed by atoms with Crippen LogP contribution < -0.4 is 11.3 Å². The van der Waals surface area contributed by atoms with Crippen molar-refractivity contribution in [2.24, 2.45) is 17.7 Å².